The minimum Gasteiger partial charge on any atom is -0.399 e. The van der Waals surface area contributed by atoms with Gasteiger partial charge in [0.25, 0.3) is 0 Å². The zero-order valence-corrected chi connectivity index (χ0v) is 64.0. The predicted molar refractivity (Wildman–Crippen MR) is 403 cm³/mol. The van der Waals surface area contributed by atoms with Gasteiger partial charge in [0.15, 0.2) is 0 Å². The average molecular weight is 1610 g/mol. The molecule has 0 amide bonds. The van der Waals surface area contributed by atoms with Gasteiger partial charge in [-0.15, -0.1) is 0 Å². The second-order valence-electron chi connectivity index (χ2n) is 25.6. The normalized spacial score (nSPS) is 16.3. The van der Waals surface area contributed by atoms with Crippen molar-refractivity contribution in [2.24, 2.45) is 5.41 Å². The first kappa shape index (κ1) is 72.9. The topological polar surface area (TPSA) is 61.9 Å². The first-order valence-electron chi connectivity index (χ1n) is 31.5. The van der Waals surface area contributed by atoms with E-state index in [0.29, 0.717) is 6.61 Å². The van der Waals surface area contributed by atoms with Crippen molar-refractivity contribution < 1.29 is 28.1 Å². The Hall–Kier alpha value is -3.87. The van der Waals surface area contributed by atoms with E-state index >= 15 is 0 Å². The number of hydrogen-bond donors (Lipinski definition) is 0. The molecule has 0 atom stereocenters. The highest BCUT2D eigenvalue weighted by molar-refractivity contribution is 9.12. The number of anilines is 6. The fourth-order valence-corrected chi connectivity index (χ4v) is 13.4. The second kappa shape index (κ2) is 33.2. The molecule has 0 spiro atoms. The van der Waals surface area contributed by atoms with E-state index in [1.54, 1.807) is 0 Å². The zero-order valence-electron chi connectivity index (χ0n) is 54.4. The lowest BCUT2D eigenvalue weighted by Crippen LogP contribution is -2.45. The molecular formula is C75H86B2Br6N2O6. The summed E-state index contributed by atoms with van der Waals surface area (Å²) in [4.78, 5) is 4.56. The molecule has 0 N–H and O–H groups in total. The lowest BCUT2D eigenvalue weighted by atomic mass is 9.79. The van der Waals surface area contributed by atoms with Crippen molar-refractivity contribution in [3.8, 4) is 0 Å². The van der Waals surface area contributed by atoms with Crippen molar-refractivity contribution in [3.05, 3.63) is 232 Å². The summed E-state index contributed by atoms with van der Waals surface area (Å²) in [6.07, 6.45) is 8.24. The Morgan fingerprint density at radius 1 is 0.374 bits per heavy atom. The number of aryl methyl sites for hydroxylation is 2. The van der Waals surface area contributed by atoms with E-state index in [2.05, 4.69) is 339 Å². The van der Waals surface area contributed by atoms with Crippen molar-refractivity contribution >= 4 is 155 Å². The minimum absolute atomic E-state index is 0.287. The molecule has 0 aromatic heterocycles. The number of nitrogens with zero attached hydrogens (tertiary/aromatic N) is 2. The molecule has 0 radical (unpaired) electrons. The first-order valence-corrected chi connectivity index (χ1v) is 36.3. The molecule has 8 aromatic rings. The number of benzene rings is 8. The summed E-state index contributed by atoms with van der Waals surface area (Å²) < 4.78 is 42.7. The lowest BCUT2D eigenvalue weighted by molar-refractivity contribution is -0.152. The molecule has 91 heavy (non-hydrogen) atoms. The Morgan fingerprint density at radius 3 is 0.923 bits per heavy atom. The first-order chi connectivity index (χ1) is 43.3. The standard InChI is InChI=1S/C34H45B2NO4.C22H21Br2N.C13H17BrO2.C6H3Br3/c1-10-11-12-25-13-19-28(20-14-25)37(29-21-15-26(16-22-29)35-38-31(2,3)32(4,5)39-35)30-23-17-27(18-24-30)36-40-33(6,7)34(8,9)41-36;1-2-3-4-17-5-11-20(12-6-17)25(21-13-7-18(23)8-14-21)22-15-9-19(24)10-16-22;1-2-13(9-16-10-13)8-15-7-11-3-5-12(14)6-4-11;7-4-1-5(8)3-6(9)2-4/h13-24H,10-12H2,1-9H3;5-16H,2-4H2,1H3;3-6H,2,7-10H2,1H3;1-3H. The molecule has 0 unspecified atom stereocenters. The van der Waals surface area contributed by atoms with Crippen LogP contribution in [0.25, 0.3) is 0 Å². The highest BCUT2D eigenvalue weighted by Crippen LogP contribution is 2.41. The molecule has 8 aromatic carbocycles. The van der Waals surface area contributed by atoms with Gasteiger partial charge in [-0.1, -0.05) is 190 Å². The van der Waals surface area contributed by atoms with Crippen LogP contribution in [0.2, 0.25) is 0 Å². The van der Waals surface area contributed by atoms with E-state index in [0.717, 1.165) is 105 Å². The molecule has 8 nitrogen and oxygen atoms in total. The number of ether oxygens (including phenoxy) is 2. The number of rotatable bonds is 19. The monoisotopic (exact) mass is 1610 g/mol. The molecule has 480 valence electrons. The molecule has 0 aliphatic carbocycles. The summed E-state index contributed by atoms with van der Waals surface area (Å²) >= 11 is 20.5. The van der Waals surface area contributed by atoms with Gasteiger partial charge in [-0.05, 0) is 243 Å². The van der Waals surface area contributed by atoms with E-state index in [-0.39, 0.29) is 42.1 Å². The molecule has 3 heterocycles. The molecule has 3 saturated heterocycles. The van der Waals surface area contributed by atoms with Crippen LogP contribution in [0.5, 0.6) is 0 Å². The molecule has 0 saturated carbocycles. The maximum absolute atomic E-state index is 6.30. The molecule has 3 aliphatic rings. The molecule has 3 aliphatic heterocycles. The highest BCUT2D eigenvalue weighted by Gasteiger charge is 2.53. The van der Waals surface area contributed by atoms with Crippen molar-refractivity contribution in [2.45, 2.75) is 150 Å². The van der Waals surface area contributed by atoms with Crippen LogP contribution in [-0.2, 0) is 47.5 Å². The van der Waals surface area contributed by atoms with Gasteiger partial charge in [-0.25, -0.2) is 0 Å². The SMILES string of the molecule is Brc1cc(Br)cc(Br)c1.CCC1(COCc2ccc(Br)cc2)COC1.CCCCc1ccc(N(c2ccc(B3OC(C)(C)C(C)(C)O3)cc2)c2ccc(B3OC(C)(C)C(C)(C)O3)cc2)cc1.CCCCc1ccc(N(c2ccc(Br)cc2)c2ccc(Br)cc2)cc1. The molecule has 3 fully saturated rings. The van der Waals surface area contributed by atoms with E-state index in [1.165, 1.54) is 48.1 Å². The van der Waals surface area contributed by atoms with Crippen LogP contribution in [0.4, 0.5) is 34.1 Å². The van der Waals surface area contributed by atoms with Crippen molar-refractivity contribution in [1.29, 1.82) is 0 Å². The molecule has 0 bridgehead atoms. The average Bonchev–Trinajstić information content (AvgIpc) is 1.82. The summed E-state index contributed by atoms with van der Waals surface area (Å²) in [6, 6.07) is 66.0. The van der Waals surface area contributed by atoms with Crippen LogP contribution in [0.1, 0.15) is 125 Å². The Bertz CT molecular complexity index is 3320. The Labute approximate surface area is 594 Å². The van der Waals surface area contributed by atoms with Gasteiger partial charge in [0, 0.05) is 66.4 Å². The van der Waals surface area contributed by atoms with Gasteiger partial charge in [0.2, 0.25) is 0 Å². The van der Waals surface area contributed by atoms with Crippen LogP contribution in [0, 0.1) is 5.41 Å². The van der Waals surface area contributed by atoms with Crippen LogP contribution in [0.3, 0.4) is 0 Å². The van der Waals surface area contributed by atoms with Gasteiger partial charge in [-0.2, -0.15) is 0 Å². The largest absolute Gasteiger partial charge is 0.494 e. The number of halogens is 6. The molecular weight excluding hydrogens is 1530 g/mol. The van der Waals surface area contributed by atoms with Crippen molar-refractivity contribution in [3.63, 3.8) is 0 Å². The number of unbranched alkanes of at least 4 members (excludes halogenated alkanes) is 2. The second-order valence-corrected chi connectivity index (χ2v) is 31.1. The maximum Gasteiger partial charge on any atom is 0.494 e. The quantitative estimate of drug-likeness (QED) is 0.0742. The predicted octanol–water partition coefficient (Wildman–Crippen LogP) is 22.5. The van der Waals surface area contributed by atoms with Crippen molar-refractivity contribution in [1.82, 2.24) is 0 Å². The summed E-state index contributed by atoms with van der Waals surface area (Å²) in [5.41, 5.74) is 11.5. The fraction of sp³-hybridized carbons (Fsp3) is 0.360. The van der Waals surface area contributed by atoms with Crippen molar-refractivity contribution in [2.75, 3.05) is 29.6 Å². The summed E-state index contributed by atoms with van der Waals surface area (Å²) in [5.74, 6) is 0. The third-order valence-electron chi connectivity index (χ3n) is 17.5. The Kier molecular flexibility index (Phi) is 26.6. The summed E-state index contributed by atoms with van der Waals surface area (Å²) in [7, 11) is -0.779. The van der Waals surface area contributed by atoms with Gasteiger partial charge in [0.05, 0.1) is 48.8 Å². The summed E-state index contributed by atoms with van der Waals surface area (Å²) in [6.45, 7) is 26.5. The number of hydrogen-bond acceptors (Lipinski definition) is 8. The van der Waals surface area contributed by atoms with Crippen LogP contribution in [0.15, 0.2) is 215 Å². The van der Waals surface area contributed by atoms with Crippen LogP contribution >= 0.6 is 95.6 Å². The maximum atomic E-state index is 6.30. The van der Waals surface area contributed by atoms with Gasteiger partial charge >= 0.3 is 14.2 Å². The molecule has 11 rings (SSSR count). The van der Waals surface area contributed by atoms with Gasteiger partial charge in [0.1, 0.15) is 0 Å². The van der Waals surface area contributed by atoms with E-state index < -0.39 is 0 Å². The van der Waals surface area contributed by atoms with Crippen LogP contribution in [-0.4, -0.2) is 56.5 Å². The Morgan fingerprint density at radius 2 is 0.648 bits per heavy atom. The third-order valence-corrected chi connectivity index (χ3v) is 20.5. The third kappa shape index (κ3) is 20.1. The smallest absolute Gasteiger partial charge is 0.399 e. The van der Waals surface area contributed by atoms with Gasteiger partial charge in [-0.3, -0.25) is 0 Å². The fourth-order valence-electron chi connectivity index (χ4n) is 10.2. The summed E-state index contributed by atoms with van der Waals surface area (Å²) in [5, 5.41) is 0. The van der Waals surface area contributed by atoms with E-state index in [1.807, 2.05) is 30.3 Å². The zero-order chi connectivity index (χ0) is 65.6. The highest BCUT2D eigenvalue weighted by atomic mass is 79.9. The van der Waals surface area contributed by atoms with E-state index in [9.17, 15) is 0 Å². The van der Waals surface area contributed by atoms with Crippen LogP contribution < -0.4 is 20.7 Å². The van der Waals surface area contributed by atoms with E-state index in [4.69, 9.17) is 28.1 Å². The lowest BCUT2D eigenvalue weighted by Gasteiger charge is -2.40. The Balaban J connectivity index is 0.000000179. The molecule has 16 heteroatoms. The van der Waals surface area contributed by atoms with Gasteiger partial charge < -0.3 is 37.9 Å². The minimum atomic E-state index is -0.389.